The van der Waals surface area contributed by atoms with Crippen LogP contribution in [0.5, 0.6) is 0 Å². The molecule has 5 rings (SSSR count). The number of amides is 2. The van der Waals surface area contributed by atoms with E-state index in [-0.39, 0.29) is 18.0 Å². The molecule has 172 valence electrons. The van der Waals surface area contributed by atoms with Crippen LogP contribution in [0.25, 0.3) is 5.82 Å². The van der Waals surface area contributed by atoms with Crippen LogP contribution in [0.1, 0.15) is 29.2 Å². The summed E-state index contributed by atoms with van der Waals surface area (Å²) in [7, 11) is 1.72. The zero-order chi connectivity index (χ0) is 22.6. The average Bonchev–Trinajstić information content (AvgIpc) is 3.55. The quantitative estimate of drug-likeness (QED) is 0.583. The van der Waals surface area contributed by atoms with Gasteiger partial charge in [0.2, 0.25) is 0 Å². The Morgan fingerprint density at radius 3 is 2.76 bits per heavy atom. The molecular formula is C25H30N6O2. The van der Waals surface area contributed by atoms with Gasteiger partial charge in [-0.3, -0.25) is 10.2 Å². The molecule has 2 N–H and O–H groups in total. The van der Waals surface area contributed by atoms with Crippen molar-refractivity contribution in [1.82, 2.24) is 25.0 Å². The van der Waals surface area contributed by atoms with E-state index in [1.54, 1.807) is 18.0 Å². The molecule has 33 heavy (non-hydrogen) atoms. The minimum Gasteiger partial charge on any atom is -0.383 e. The van der Waals surface area contributed by atoms with Crippen LogP contribution >= 0.6 is 0 Å². The number of pyridine rings is 1. The normalized spacial score (nSPS) is 20.0. The molecule has 3 aromatic rings. The smallest absolute Gasteiger partial charge is 0.320 e. The number of ether oxygens (including phenoxy) is 1. The summed E-state index contributed by atoms with van der Waals surface area (Å²) in [6, 6.07) is 15.9. The number of likely N-dealkylation sites (tertiary alicyclic amines) is 1. The number of anilines is 1. The lowest BCUT2D eigenvalue weighted by Crippen LogP contribution is -2.42. The van der Waals surface area contributed by atoms with Gasteiger partial charge in [0.25, 0.3) is 0 Å². The van der Waals surface area contributed by atoms with Gasteiger partial charge in [-0.2, -0.15) is 9.78 Å². The highest BCUT2D eigenvalue weighted by Gasteiger charge is 2.35. The van der Waals surface area contributed by atoms with Gasteiger partial charge >= 0.3 is 6.03 Å². The number of nitrogens with one attached hydrogen (secondary N) is 2. The van der Waals surface area contributed by atoms with E-state index in [0.717, 1.165) is 56.0 Å². The molecule has 2 aromatic heterocycles. The number of aromatic nitrogens is 3. The summed E-state index contributed by atoms with van der Waals surface area (Å²) in [5, 5.41) is 11.1. The first-order valence-electron chi connectivity index (χ1n) is 11.6. The van der Waals surface area contributed by atoms with E-state index in [0.29, 0.717) is 12.4 Å². The topological polar surface area (TPSA) is 84.3 Å². The molecule has 1 saturated heterocycles. The minimum absolute atomic E-state index is 0.00327. The first kappa shape index (κ1) is 21.6. The third-order valence-corrected chi connectivity index (χ3v) is 6.56. The molecule has 1 aromatic carbocycles. The maximum atomic E-state index is 13.2. The molecule has 2 aliphatic rings. The zero-order valence-electron chi connectivity index (χ0n) is 18.9. The van der Waals surface area contributed by atoms with Gasteiger partial charge in [0.1, 0.15) is 5.82 Å². The third-order valence-electron chi connectivity index (χ3n) is 6.56. The third kappa shape index (κ3) is 4.62. The van der Waals surface area contributed by atoms with Crippen molar-refractivity contribution < 1.29 is 9.53 Å². The molecule has 0 unspecified atom stereocenters. The number of carbonyl (C=O) groups is 1. The van der Waals surface area contributed by atoms with Crippen molar-refractivity contribution in [3.05, 3.63) is 71.5 Å². The Balaban J connectivity index is 1.35. The highest BCUT2D eigenvalue weighted by Crippen LogP contribution is 2.31. The molecular weight excluding hydrogens is 416 g/mol. The lowest BCUT2D eigenvalue weighted by Gasteiger charge is -2.21. The molecule has 0 bridgehead atoms. The van der Waals surface area contributed by atoms with Crippen molar-refractivity contribution >= 4 is 11.8 Å². The minimum atomic E-state index is -0.207. The fourth-order valence-corrected chi connectivity index (χ4v) is 4.95. The van der Waals surface area contributed by atoms with Crippen LogP contribution in [0, 0.1) is 0 Å². The number of methoxy groups -OCH3 is 1. The monoisotopic (exact) mass is 446 g/mol. The molecule has 8 heteroatoms. The van der Waals surface area contributed by atoms with Gasteiger partial charge in [-0.1, -0.05) is 36.4 Å². The summed E-state index contributed by atoms with van der Waals surface area (Å²) in [6.07, 6.45) is 4.64. The van der Waals surface area contributed by atoms with E-state index < -0.39 is 0 Å². The molecule has 0 saturated carbocycles. The van der Waals surface area contributed by atoms with Gasteiger partial charge in [0.05, 0.1) is 18.3 Å². The summed E-state index contributed by atoms with van der Waals surface area (Å²) in [6.45, 7) is 3.20. The van der Waals surface area contributed by atoms with Gasteiger partial charge in [-0.15, -0.1) is 0 Å². The van der Waals surface area contributed by atoms with Crippen molar-refractivity contribution in [2.75, 3.05) is 38.7 Å². The number of carbonyl (C=O) groups excluding carboxylic acids is 1. The summed E-state index contributed by atoms with van der Waals surface area (Å²) >= 11 is 0. The molecule has 8 nitrogen and oxygen atoms in total. The maximum Gasteiger partial charge on any atom is 0.320 e. The van der Waals surface area contributed by atoms with E-state index in [2.05, 4.69) is 44.8 Å². The van der Waals surface area contributed by atoms with Gasteiger partial charge in [-0.05, 0) is 37.0 Å². The van der Waals surface area contributed by atoms with E-state index in [1.807, 2.05) is 24.3 Å². The molecule has 3 heterocycles. The van der Waals surface area contributed by atoms with E-state index in [9.17, 15) is 4.79 Å². The Hall–Kier alpha value is -3.23. The van der Waals surface area contributed by atoms with Gasteiger partial charge in [0.15, 0.2) is 5.82 Å². The fourth-order valence-electron chi connectivity index (χ4n) is 4.95. The second-order valence-corrected chi connectivity index (χ2v) is 8.70. The van der Waals surface area contributed by atoms with E-state index in [1.165, 1.54) is 5.56 Å². The number of aryl methyl sites for hydroxylation is 1. The van der Waals surface area contributed by atoms with Crippen LogP contribution in [-0.2, 0) is 17.6 Å². The maximum absolute atomic E-state index is 13.2. The Morgan fingerprint density at radius 1 is 1.12 bits per heavy atom. The second-order valence-electron chi connectivity index (χ2n) is 8.70. The average molecular weight is 447 g/mol. The number of benzene rings is 1. The van der Waals surface area contributed by atoms with Crippen LogP contribution in [0.15, 0.2) is 54.7 Å². The largest absolute Gasteiger partial charge is 0.383 e. The molecule has 0 radical (unpaired) electrons. The molecule has 1 aliphatic heterocycles. The van der Waals surface area contributed by atoms with Gasteiger partial charge in [0, 0.05) is 44.4 Å². The number of rotatable bonds is 7. The van der Waals surface area contributed by atoms with Crippen molar-refractivity contribution in [3.8, 4) is 5.82 Å². The number of urea groups is 1. The fraction of sp³-hybridized carbons (Fsp3) is 0.400. The first-order chi connectivity index (χ1) is 16.2. The number of hydrogen-bond donors (Lipinski definition) is 2. The number of fused-ring (bicyclic) bond motifs is 1. The van der Waals surface area contributed by atoms with Crippen LogP contribution in [0.2, 0.25) is 0 Å². The van der Waals surface area contributed by atoms with E-state index in [4.69, 9.17) is 9.84 Å². The van der Waals surface area contributed by atoms with Crippen LogP contribution in [0.4, 0.5) is 10.6 Å². The predicted octanol–water partition coefficient (Wildman–Crippen LogP) is 2.99. The molecule has 2 atom stereocenters. The molecule has 2 amide bonds. The van der Waals surface area contributed by atoms with Gasteiger partial charge < -0.3 is 10.1 Å². The summed E-state index contributed by atoms with van der Waals surface area (Å²) < 4.78 is 7.03. The van der Waals surface area contributed by atoms with Crippen LogP contribution < -0.4 is 10.6 Å². The Kier molecular flexibility index (Phi) is 6.37. The highest BCUT2D eigenvalue weighted by molar-refractivity contribution is 5.90. The van der Waals surface area contributed by atoms with Crippen molar-refractivity contribution in [2.45, 2.75) is 31.2 Å². The van der Waals surface area contributed by atoms with Crippen LogP contribution in [-0.4, -0.2) is 65.1 Å². The Morgan fingerprint density at radius 2 is 1.97 bits per heavy atom. The van der Waals surface area contributed by atoms with Crippen LogP contribution in [0.3, 0.4) is 0 Å². The number of hydrogen-bond acceptors (Lipinski definition) is 5. The number of nitrogens with zero attached hydrogens (tertiary/aromatic N) is 4. The summed E-state index contributed by atoms with van der Waals surface area (Å²) in [5.74, 6) is 1.65. The first-order valence-corrected chi connectivity index (χ1v) is 11.6. The SMILES string of the molecule is COCCN1C[C@@H](NC(=O)Nc2c3c(nn2-c2ccccn2)CCC3)[C@H](c2ccccc2)C1. The Bertz CT molecular complexity index is 1090. The van der Waals surface area contributed by atoms with Crippen molar-refractivity contribution in [2.24, 2.45) is 0 Å². The lowest BCUT2D eigenvalue weighted by atomic mass is 9.94. The van der Waals surface area contributed by atoms with Gasteiger partial charge in [-0.25, -0.2) is 9.78 Å². The molecule has 0 spiro atoms. The zero-order valence-corrected chi connectivity index (χ0v) is 18.9. The molecule has 1 aliphatic carbocycles. The lowest BCUT2D eigenvalue weighted by molar-refractivity contribution is 0.159. The standard InChI is InChI=1S/C25H30N6O2/c1-33-15-14-30-16-20(18-8-3-2-4-9-18)22(17-30)27-25(32)28-24-19-10-7-11-21(19)29-31(24)23-12-5-6-13-26-23/h2-6,8-9,12-13,20,22H,7,10-11,14-17H2,1H3,(H2,27,28,32)/t20-,22+/m0/s1. The highest BCUT2D eigenvalue weighted by atomic mass is 16.5. The predicted molar refractivity (Wildman–Crippen MR) is 127 cm³/mol. The van der Waals surface area contributed by atoms with Crippen molar-refractivity contribution in [1.29, 1.82) is 0 Å². The van der Waals surface area contributed by atoms with Crippen molar-refractivity contribution in [3.63, 3.8) is 0 Å². The van der Waals surface area contributed by atoms with E-state index >= 15 is 0 Å². The Labute approximate surface area is 194 Å². The molecule has 1 fully saturated rings. The summed E-state index contributed by atoms with van der Waals surface area (Å²) in [5.41, 5.74) is 3.40. The summed E-state index contributed by atoms with van der Waals surface area (Å²) in [4.78, 5) is 20.0. The second kappa shape index (κ2) is 9.72.